The second-order valence-electron chi connectivity index (χ2n) is 5.21. The summed E-state index contributed by atoms with van der Waals surface area (Å²) in [5.41, 5.74) is 2.93. The molecule has 1 aromatic carbocycles. The molecule has 0 heterocycles. The second kappa shape index (κ2) is 5.74. The van der Waals surface area contributed by atoms with Crippen LogP contribution in [0.25, 0.3) is 0 Å². The van der Waals surface area contributed by atoms with Crippen LogP contribution < -0.4 is 5.32 Å². The summed E-state index contributed by atoms with van der Waals surface area (Å²) in [6.45, 7) is 7.28. The van der Waals surface area contributed by atoms with E-state index in [4.69, 9.17) is 4.74 Å². The van der Waals surface area contributed by atoms with Crippen LogP contribution in [0.5, 0.6) is 0 Å². The van der Waals surface area contributed by atoms with Crippen molar-refractivity contribution < 1.29 is 9.53 Å². The van der Waals surface area contributed by atoms with Crippen LogP contribution in [0.4, 0.5) is 0 Å². The van der Waals surface area contributed by atoms with Crippen molar-refractivity contribution in [2.75, 3.05) is 13.2 Å². The fourth-order valence-electron chi connectivity index (χ4n) is 2.82. The van der Waals surface area contributed by atoms with Gasteiger partial charge in [0.05, 0.1) is 6.61 Å². The number of rotatable bonds is 5. The summed E-state index contributed by atoms with van der Waals surface area (Å²) in [6, 6.07) is 6.38. The maximum absolute atomic E-state index is 12.5. The monoisotopic (exact) mass is 261 g/mol. The summed E-state index contributed by atoms with van der Waals surface area (Å²) in [7, 11) is 0. The lowest BCUT2D eigenvalue weighted by atomic mass is 9.90. The zero-order valence-corrected chi connectivity index (χ0v) is 12.1. The molecule has 0 fully saturated rings. The molecule has 0 aromatic heterocycles. The van der Waals surface area contributed by atoms with E-state index < -0.39 is 5.54 Å². The van der Waals surface area contributed by atoms with Crippen molar-refractivity contribution in [1.29, 1.82) is 0 Å². The average molecular weight is 261 g/mol. The first-order valence-corrected chi connectivity index (χ1v) is 7.16. The van der Waals surface area contributed by atoms with Crippen LogP contribution in [0.15, 0.2) is 18.2 Å². The van der Waals surface area contributed by atoms with E-state index >= 15 is 0 Å². The van der Waals surface area contributed by atoms with Gasteiger partial charge in [-0.2, -0.15) is 0 Å². The standard InChI is InChI=1S/C16H23NO2/c1-4-10-17-16(15(18)19-5-2)9-8-13-7-6-12(3)11-14(13)16/h6-7,11,17H,4-5,8-10H2,1-3H3. The first-order chi connectivity index (χ1) is 9.14. The van der Waals surface area contributed by atoms with Crippen LogP contribution in [-0.4, -0.2) is 19.1 Å². The molecular weight excluding hydrogens is 238 g/mol. The first kappa shape index (κ1) is 14.1. The Hall–Kier alpha value is -1.35. The number of carbonyl (C=O) groups excluding carboxylic acids is 1. The topological polar surface area (TPSA) is 38.3 Å². The van der Waals surface area contributed by atoms with Gasteiger partial charge in [-0.05, 0) is 50.8 Å². The van der Waals surface area contributed by atoms with E-state index in [1.54, 1.807) is 0 Å². The zero-order chi connectivity index (χ0) is 13.9. The molecule has 0 aliphatic heterocycles. The molecule has 1 unspecified atom stereocenters. The summed E-state index contributed by atoms with van der Waals surface area (Å²) < 4.78 is 5.32. The molecule has 0 saturated carbocycles. The van der Waals surface area contributed by atoms with Crippen molar-refractivity contribution in [1.82, 2.24) is 5.32 Å². The molecule has 1 N–H and O–H groups in total. The summed E-state index contributed by atoms with van der Waals surface area (Å²) >= 11 is 0. The minimum atomic E-state index is -0.632. The molecule has 1 atom stereocenters. The number of benzene rings is 1. The van der Waals surface area contributed by atoms with Gasteiger partial charge in [-0.3, -0.25) is 5.32 Å². The Balaban J connectivity index is 2.41. The number of aryl methyl sites for hydroxylation is 2. The molecule has 104 valence electrons. The minimum Gasteiger partial charge on any atom is -0.464 e. The Morgan fingerprint density at radius 1 is 1.42 bits per heavy atom. The van der Waals surface area contributed by atoms with E-state index in [0.29, 0.717) is 6.61 Å². The summed E-state index contributed by atoms with van der Waals surface area (Å²) in [4.78, 5) is 12.5. The van der Waals surface area contributed by atoms with E-state index in [2.05, 4.69) is 37.4 Å². The Morgan fingerprint density at radius 2 is 2.21 bits per heavy atom. The molecule has 2 rings (SSSR count). The fourth-order valence-corrected chi connectivity index (χ4v) is 2.82. The van der Waals surface area contributed by atoms with Crippen LogP contribution in [0, 0.1) is 6.92 Å². The second-order valence-corrected chi connectivity index (χ2v) is 5.21. The van der Waals surface area contributed by atoms with Crippen molar-refractivity contribution in [3.05, 3.63) is 34.9 Å². The number of ether oxygens (including phenoxy) is 1. The van der Waals surface area contributed by atoms with E-state index in [0.717, 1.165) is 31.4 Å². The smallest absolute Gasteiger partial charge is 0.331 e. The highest BCUT2D eigenvalue weighted by molar-refractivity contribution is 5.84. The highest BCUT2D eigenvalue weighted by atomic mass is 16.5. The Kier molecular flexibility index (Phi) is 4.25. The van der Waals surface area contributed by atoms with E-state index in [1.165, 1.54) is 11.1 Å². The van der Waals surface area contributed by atoms with E-state index in [-0.39, 0.29) is 5.97 Å². The van der Waals surface area contributed by atoms with Crippen molar-refractivity contribution in [3.63, 3.8) is 0 Å². The molecule has 1 aliphatic carbocycles. The lowest BCUT2D eigenvalue weighted by molar-refractivity contribution is -0.151. The third-order valence-corrected chi connectivity index (χ3v) is 3.80. The number of fused-ring (bicyclic) bond motifs is 1. The van der Waals surface area contributed by atoms with Gasteiger partial charge in [0.15, 0.2) is 0 Å². The van der Waals surface area contributed by atoms with Crippen molar-refractivity contribution >= 4 is 5.97 Å². The summed E-state index contributed by atoms with van der Waals surface area (Å²) in [6.07, 6.45) is 2.73. The third-order valence-electron chi connectivity index (χ3n) is 3.80. The SMILES string of the molecule is CCCNC1(C(=O)OCC)CCc2ccc(C)cc21. The van der Waals surface area contributed by atoms with Gasteiger partial charge in [0, 0.05) is 0 Å². The molecule has 19 heavy (non-hydrogen) atoms. The quantitative estimate of drug-likeness (QED) is 0.828. The molecule has 3 nitrogen and oxygen atoms in total. The lowest BCUT2D eigenvalue weighted by Crippen LogP contribution is -2.49. The van der Waals surface area contributed by atoms with Crippen LogP contribution >= 0.6 is 0 Å². The molecule has 0 radical (unpaired) electrons. The third kappa shape index (κ3) is 2.52. The van der Waals surface area contributed by atoms with Crippen molar-refractivity contribution in [3.8, 4) is 0 Å². The maximum Gasteiger partial charge on any atom is 0.331 e. The molecule has 1 aliphatic rings. The minimum absolute atomic E-state index is 0.132. The molecule has 0 amide bonds. The molecule has 3 heteroatoms. The summed E-state index contributed by atoms with van der Waals surface area (Å²) in [5, 5.41) is 3.44. The molecule has 0 bridgehead atoms. The average Bonchev–Trinajstić information content (AvgIpc) is 2.76. The maximum atomic E-state index is 12.5. The van der Waals surface area contributed by atoms with Crippen LogP contribution in [0.1, 0.15) is 43.4 Å². The fraction of sp³-hybridized carbons (Fsp3) is 0.562. The van der Waals surface area contributed by atoms with Gasteiger partial charge >= 0.3 is 5.97 Å². The van der Waals surface area contributed by atoms with Gasteiger partial charge in [0.2, 0.25) is 0 Å². The number of carbonyl (C=O) groups is 1. The number of hydrogen-bond acceptors (Lipinski definition) is 3. The number of esters is 1. The number of hydrogen-bond donors (Lipinski definition) is 1. The summed E-state index contributed by atoms with van der Waals surface area (Å²) in [5.74, 6) is -0.132. The van der Waals surface area contributed by atoms with Crippen LogP contribution in [-0.2, 0) is 21.5 Å². The Labute approximate surface area is 115 Å². The molecule has 0 spiro atoms. The highest BCUT2D eigenvalue weighted by Gasteiger charge is 2.46. The van der Waals surface area contributed by atoms with Crippen LogP contribution in [0.3, 0.4) is 0 Å². The predicted molar refractivity (Wildman–Crippen MR) is 76.1 cm³/mol. The van der Waals surface area contributed by atoms with Gasteiger partial charge in [0.25, 0.3) is 0 Å². The first-order valence-electron chi connectivity index (χ1n) is 7.16. The highest BCUT2D eigenvalue weighted by Crippen LogP contribution is 2.38. The normalized spacial score (nSPS) is 21.2. The van der Waals surface area contributed by atoms with Gasteiger partial charge < -0.3 is 4.74 Å². The van der Waals surface area contributed by atoms with Gasteiger partial charge in [-0.15, -0.1) is 0 Å². The van der Waals surface area contributed by atoms with Gasteiger partial charge in [-0.1, -0.05) is 30.7 Å². The van der Waals surface area contributed by atoms with E-state index in [1.807, 2.05) is 6.92 Å². The number of nitrogens with one attached hydrogen (secondary N) is 1. The Morgan fingerprint density at radius 3 is 2.89 bits per heavy atom. The molecular formula is C16H23NO2. The molecule has 0 saturated heterocycles. The van der Waals surface area contributed by atoms with Crippen molar-refractivity contribution in [2.24, 2.45) is 0 Å². The van der Waals surface area contributed by atoms with Gasteiger partial charge in [-0.25, -0.2) is 4.79 Å². The zero-order valence-electron chi connectivity index (χ0n) is 12.1. The lowest BCUT2D eigenvalue weighted by Gasteiger charge is -2.29. The molecule has 1 aromatic rings. The van der Waals surface area contributed by atoms with Gasteiger partial charge in [0.1, 0.15) is 5.54 Å². The predicted octanol–water partition coefficient (Wildman–Crippen LogP) is 2.70. The van der Waals surface area contributed by atoms with Crippen LogP contribution in [0.2, 0.25) is 0 Å². The Bertz CT molecular complexity index is 470. The van der Waals surface area contributed by atoms with E-state index in [9.17, 15) is 4.79 Å². The van der Waals surface area contributed by atoms with Crippen molar-refractivity contribution in [2.45, 2.75) is 45.6 Å². The largest absolute Gasteiger partial charge is 0.464 e.